The van der Waals surface area contributed by atoms with Crippen LogP contribution in [0.5, 0.6) is 0 Å². The number of hydrogen-bond donors (Lipinski definition) is 3. The second kappa shape index (κ2) is 7.16. The molecule has 25 heavy (non-hydrogen) atoms. The van der Waals surface area contributed by atoms with Crippen molar-refractivity contribution in [1.29, 1.82) is 0 Å². The number of benzene rings is 1. The van der Waals surface area contributed by atoms with E-state index in [1.54, 1.807) is 6.92 Å². The smallest absolute Gasteiger partial charge is 0.272 e. The molecule has 0 atom stereocenters. The number of rotatable bonds is 6. The van der Waals surface area contributed by atoms with Crippen LogP contribution in [0.3, 0.4) is 0 Å². The molecule has 3 N–H and O–H groups in total. The quantitative estimate of drug-likeness (QED) is 0.589. The lowest BCUT2D eigenvalue weighted by atomic mass is 10.1. The molecule has 8 nitrogen and oxygen atoms in total. The molecular weight excluding hydrogens is 322 g/mol. The summed E-state index contributed by atoms with van der Waals surface area (Å²) in [4.78, 5) is 24.4. The SMILES string of the molecule is CCc1noc(C)c1C(=O)NCCNC(=O)c1n[nH]c2ccccc12. The number of carbonyl (C=O) groups is 2. The maximum absolute atomic E-state index is 12.2. The van der Waals surface area contributed by atoms with Crippen molar-refractivity contribution in [3.05, 3.63) is 47.0 Å². The van der Waals surface area contributed by atoms with Gasteiger partial charge in [-0.2, -0.15) is 5.10 Å². The molecule has 0 aliphatic rings. The molecule has 8 heteroatoms. The van der Waals surface area contributed by atoms with Gasteiger partial charge in [-0.1, -0.05) is 30.3 Å². The van der Waals surface area contributed by atoms with Crippen LogP contribution in [0, 0.1) is 6.92 Å². The number of amides is 2. The first kappa shape index (κ1) is 16.7. The third kappa shape index (κ3) is 3.37. The molecule has 0 spiro atoms. The minimum absolute atomic E-state index is 0.255. The van der Waals surface area contributed by atoms with Crippen LogP contribution in [0.25, 0.3) is 10.9 Å². The van der Waals surface area contributed by atoms with Crippen LogP contribution in [0.1, 0.15) is 39.2 Å². The molecule has 0 aliphatic heterocycles. The minimum Gasteiger partial charge on any atom is -0.361 e. The average molecular weight is 341 g/mol. The van der Waals surface area contributed by atoms with Crippen molar-refractivity contribution in [2.75, 3.05) is 13.1 Å². The van der Waals surface area contributed by atoms with Crippen LogP contribution >= 0.6 is 0 Å². The molecule has 0 saturated carbocycles. The number of hydrogen-bond acceptors (Lipinski definition) is 5. The van der Waals surface area contributed by atoms with Gasteiger partial charge in [-0.15, -0.1) is 0 Å². The van der Waals surface area contributed by atoms with Gasteiger partial charge in [0.25, 0.3) is 11.8 Å². The summed E-state index contributed by atoms with van der Waals surface area (Å²) in [7, 11) is 0. The van der Waals surface area contributed by atoms with Gasteiger partial charge < -0.3 is 15.2 Å². The Kier molecular flexibility index (Phi) is 4.78. The number of fused-ring (bicyclic) bond motifs is 1. The predicted octanol–water partition coefficient (Wildman–Crippen LogP) is 1.58. The molecule has 0 fully saturated rings. The van der Waals surface area contributed by atoms with E-state index in [-0.39, 0.29) is 18.4 Å². The van der Waals surface area contributed by atoms with Gasteiger partial charge in [-0.25, -0.2) is 0 Å². The third-order valence-corrected chi connectivity index (χ3v) is 3.88. The van der Waals surface area contributed by atoms with Crippen LogP contribution in [-0.2, 0) is 6.42 Å². The third-order valence-electron chi connectivity index (χ3n) is 3.88. The largest absolute Gasteiger partial charge is 0.361 e. The lowest BCUT2D eigenvalue weighted by Gasteiger charge is -2.06. The second-order valence-corrected chi connectivity index (χ2v) is 5.54. The summed E-state index contributed by atoms with van der Waals surface area (Å²) >= 11 is 0. The highest BCUT2D eigenvalue weighted by molar-refractivity contribution is 6.04. The molecule has 2 aromatic heterocycles. The van der Waals surface area contributed by atoms with Gasteiger partial charge in [0.1, 0.15) is 11.3 Å². The van der Waals surface area contributed by atoms with E-state index in [0.717, 1.165) is 10.9 Å². The highest BCUT2D eigenvalue weighted by atomic mass is 16.5. The van der Waals surface area contributed by atoms with E-state index in [2.05, 4.69) is 26.0 Å². The van der Waals surface area contributed by atoms with E-state index in [0.29, 0.717) is 35.7 Å². The van der Waals surface area contributed by atoms with Crippen LogP contribution in [0.4, 0.5) is 0 Å². The molecule has 0 bridgehead atoms. The Hall–Kier alpha value is -3.16. The molecule has 2 heterocycles. The molecule has 0 unspecified atom stereocenters. The fourth-order valence-corrected chi connectivity index (χ4v) is 2.61. The van der Waals surface area contributed by atoms with Crippen molar-refractivity contribution in [2.24, 2.45) is 0 Å². The maximum Gasteiger partial charge on any atom is 0.272 e. The van der Waals surface area contributed by atoms with Gasteiger partial charge in [-0.05, 0) is 19.4 Å². The number of aromatic amines is 1. The maximum atomic E-state index is 12.2. The average Bonchev–Trinajstić information content (AvgIpc) is 3.21. The highest BCUT2D eigenvalue weighted by Gasteiger charge is 2.19. The number of H-pyrrole nitrogens is 1. The van der Waals surface area contributed by atoms with Gasteiger partial charge in [-0.3, -0.25) is 14.7 Å². The topological polar surface area (TPSA) is 113 Å². The number of nitrogens with one attached hydrogen (secondary N) is 3. The van der Waals surface area contributed by atoms with Gasteiger partial charge in [0.05, 0.1) is 11.2 Å². The first-order chi connectivity index (χ1) is 12.1. The number of aromatic nitrogens is 3. The van der Waals surface area contributed by atoms with Gasteiger partial charge in [0, 0.05) is 18.5 Å². The molecule has 3 rings (SSSR count). The molecule has 2 amide bonds. The Morgan fingerprint density at radius 2 is 1.88 bits per heavy atom. The van der Waals surface area contributed by atoms with Crippen LogP contribution < -0.4 is 10.6 Å². The zero-order valence-corrected chi connectivity index (χ0v) is 14.0. The Bertz CT molecular complexity index is 912. The fourth-order valence-electron chi connectivity index (χ4n) is 2.61. The summed E-state index contributed by atoms with van der Waals surface area (Å²) in [6.45, 7) is 4.19. The normalized spacial score (nSPS) is 10.8. The van der Waals surface area contributed by atoms with Crippen molar-refractivity contribution in [2.45, 2.75) is 20.3 Å². The second-order valence-electron chi connectivity index (χ2n) is 5.54. The van der Waals surface area contributed by atoms with E-state index >= 15 is 0 Å². The zero-order valence-electron chi connectivity index (χ0n) is 14.0. The Balaban J connectivity index is 1.54. The van der Waals surface area contributed by atoms with Crippen molar-refractivity contribution in [3.63, 3.8) is 0 Å². The fraction of sp³-hybridized carbons (Fsp3) is 0.294. The molecule has 1 aromatic carbocycles. The zero-order chi connectivity index (χ0) is 17.8. The lowest BCUT2D eigenvalue weighted by Crippen LogP contribution is -2.35. The Labute approximate surface area is 144 Å². The van der Waals surface area contributed by atoms with Crippen LogP contribution in [0.2, 0.25) is 0 Å². The Morgan fingerprint density at radius 3 is 2.64 bits per heavy atom. The van der Waals surface area contributed by atoms with Crippen molar-refractivity contribution >= 4 is 22.7 Å². The first-order valence-corrected chi connectivity index (χ1v) is 8.06. The minimum atomic E-state index is -0.290. The van der Waals surface area contributed by atoms with Crippen molar-refractivity contribution in [1.82, 2.24) is 26.0 Å². The van der Waals surface area contributed by atoms with Crippen molar-refractivity contribution < 1.29 is 14.1 Å². The summed E-state index contributed by atoms with van der Waals surface area (Å²) in [6.07, 6.45) is 0.614. The molecule has 0 radical (unpaired) electrons. The van der Waals surface area contributed by atoms with E-state index in [1.165, 1.54) is 0 Å². The summed E-state index contributed by atoms with van der Waals surface area (Å²) < 4.78 is 5.05. The monoisotopic (exact) mass is 341 g/mol. The standard InChI is InChI=1S/C17H19N5O3/c1-3-12-14(10(2)25-22-12)16(23)18-8-9-19-17(24)15-11-6-4-5-7-13(11)20-21-15/h4-7H,3,8-9H2,1-2H3,(H,18,23)(H,19,24)(H,20,21). The lowest BCUT2D eigenvalue weighted by molar-refractivity contribution is 0.0924. The van der Waals surface area contributed by atoms with Crippen molar-refractivity contribution in [3.8, 4) is 0 Å². The first-order valence-electron chi connectivity index (χ1n) is 8.06. The van der Waals surface area contributed by atoms with Crippen LogP contribution in [-0.4, -0.2) is 40.3 Å². The number of aryl methyl sites for hydroxylation is 2. The van der Waals surface area contributed by atoms with Crippen LogP contribution in [0.15, 0.2) is 28.8 Å². The molecule has 130 valence electrons. The number of carbonyl (C=O) groups excluding carboxylic acids is 2. The highest BCUT2D eigenvalue weighted by Crippen LogP contribution is 2.15. The molecule has 0 saturated heterocycles. The predicted molar refractivity (Wildman–Crippen MR) is 91.4 cm³/mol. The summed E-state index contributed by atoms with van der Waals surface area (Å²) in [5, 5.41) is 17.0. The number of nitrogens with zero attached hydrogens (tertiary/aromatic N) is 2. The Morgan fingerprint density at radius 1 is 1.16 bits per heavy atom. The van der Waals surface area contributed by atoms with E-state index in [1.807, 2.05) is 31.2 Å². The molecule has 0 aliphatic carbocycles. The molecule has 3 aromatic rings. The summed E-state index contributed by atoms with van der Waals surface area (Å²) in [6, 6.07) is 7.40. The molecular formula is C17H19N5O3. The van der Waals surface area contributed by atoms with E-state index in [9.17, 15) is 9.59 Å². The van der Waals surface area contributed by atoms with Gasteiger partial charge >= 0.3 is 0 Å². The van der Waals surface area contributed by atoms with Gasteiger partial charge in [0.15, 0.2) is 5.69 Å². The summed E-state index contributed by atoms with van der Waals surface area (Å²) in [5.41, 5.74) is 2.23. The van der Waals surface area contributed by atoms with Gasteiger partial charge in [0.2, 0.25) is 0 Å². The number of para-hydroxylation sites is 1. The van der Waals surface area contributed by atoms with E-state index < -0.39 is 0 Å². The van der Waals surface area contributed by atoms with E-state index in [4.69, 9.17) is 4.52 Å². The summed E-state index contributed by atoms with van der Waals surface area (Å²) in [5.74, 6) is -0.0569.